The van der Waals surface area contributed by atoms with Crippen LogP contribution in [0.3, 0.4) is 0 Å². The molecule has 32 heavy (non-hydrogen) atoms. The summed E-state index contributed by atoms with van der Waals surface area (Å²) in [6.07, 6.45) is 1.35. The van der Waals surface area contributed by atoms with Crippen LogP contribution in [0, 0.1) is 6.92 Å². The minimum Gasteiger partial charge on any atom is -0.464 e. The molecule has 1 saturated heterocycles. The topological polar surface area (TPSA) is 135 Å². The fourth-order valence-corrected chi connectivity index (χ4v) is 3.99. The van der Waals surface area contributed by atoms with Crippen molar-refractivity contribution < 1.29 is 24.8 Å². The van der Waals surface area contributed by atoms with E-state index in [-0.39, 0.29) is 19.7 Å². The van der Waals surface area contributed by atoms with Gasteiger partial charge in [0.1, 0.15) is 18.0 Å². The number of nitrogens with one attached hydrogen (secondary N) is 1. The molecule has 1 aromatic carbocycles. The molecule has 170 valence electrons. The number of β-amino-alcohol motifs (C(OH)–C–C–N with tert-alkyl or cyclic N) is 1. The highest BCUT2D eigenvalue weighted by atomic mass is 16.4. The first-order valence-corrected chi connectivity index (χ1v) is 10.5. The lowest BCUT2D eigenvalue weighted by atomic mass is 9.94. The van der Waals surface area contributed by atoms with E-state index in [9.17, 15) is 20.4 Å². The highest BCUT2D eigenvalue weighted by molar-refractivity contribution is 5.65. The van der Waals surface area contributed by atoms with Gasteiger partial charge in [-0.15, -0.1) is 0 Å². The molecule has 5 N–H and O–H groups in total. The van der Waals surface area contributed by atoms with Crippen molar-refractivity contribution in [1.29, 1.82) is 0 Å². The molecule has 1 aliphatic heterocycles. The van der Waals surface area contributed by atoms with Gasteiger partial charge in [0, 0.05) is 24.3 Å². The molecule has 9 nitrogen and oxygen atoms in total. The molecule has 2 aromatic heterocycles. The first-order valence-electron chi connectivity index (χ1n) is 10.5. The number of piperidine rings is 1. The SMILES string of the molecule is Cc1cc(NCc2cnc(CN3C[C@H](O)[C@@H](O)[C@H](O)[C@H]3CO)cn2)cc(-c2ccco2)c1. The predicted molar refractivity (Wildman–Crippen MR) is 118 cm³/mol. The van der Waals surface area contributed by atoms with E-state index in [2.05, 4.69) is 21.4 Å². The van der Waals surface area contributed by atoms with Gasteiger partial charge in [-0.05, 0) is 42.8 Å². The van der Waals surface area contributed by atoms with Crippen LogP contribution in [0.15, 0.2) is 53.4 Å². The average molecular weight is 441 g/mol. The van der Waals surface area contributed by atoms with Crippen molar-refractivity contribution in [2.45, 2.75) is 44.4 Å². The second kappa shape index (κ2) is 9.76. The minimum atomic E-state index is -1.28. The second-order valence-electron chi connectivity index (χ2n) is 8.15. The number of furan rings is 1. The molecule has 9 heteroatoms. The summed E-state index contributed by atoms with van der Waals surface area (Å²) in [4.78, 5) is 10.6. The summed E-state index contributed by atoms with van der Waals surface area (Å²) in [5.74, 6) is 0.808. The number of aliphatic hydroxyl groups excluding tert-OH is 4. The van der Waals surface area contributed by atoms with Gasteiger partial charge in [0.2, 0.25) is 0 Å². The fraction of sp³-hybridized carbons (Fsp3) is 0.391. The standard InChI is InChI=1S/C23H28N4O5/c1-14-5-15(21-3-2-4-32-21)7-16(6-14)24-8-17-9-26-18(10-25-17)11-27-12-20(29)23(31)22(30)19(27)13-28/h2-7,9-10,19-20,22-24,28-31H,8,11-13H2,1H3/t19-,20+,22-,23-/m1/s1. The normalized spacial score (nSPS) is 23.9. The summed E-state index contributed by atoms with van der Waals surface area (Å²) in [7, 11) is 0. The van der Waals surface area contributed by atoms with Crippen LogP contribution in [0.1, 0.15) is 17.0 Å². The zero-order valence-electron chi connectivity index (χ0n) is 17.8. The number of likely N-dealkylation sites (tertiary alicyclic amines) is 1. The molecule has 0 spiro atoms. The van der Waals surface area contributed by atoms with E-state index in [1.165, 1.54) is 0 Å². The van der Waals surface area contributed by atoms with E-state index in [0.717, 1.165) is 28.3 Å². The summed E-state index contributed by atoms with van der Waals surface area (Å²) < 4.78 is 5.49. The third kappa shape index (κ3) is 4.98. The molecule has 0 aliphatic carbocycles. The van der Waals surface area contributed by atoms with E-state index in [1.54, 1.807) is 23.6 Å². The maximum absolute atomic E-state index is 10.1. The maximum atomic E-state index is 10.1. The smallest absolute Gasteiger partial charge is 0.133 e. The van der Waals surface area contributed by atoms with Gasteiger partial charge in [-0.3, -0.25) is 14.9 Å². The summed E-state index contributed by atoms with van der Waals surface area (Å²) in [6.45, 7) is 2.59. The van der Waals surface area contributed by atoms with E-state index in [4.69, 9.17) is 4.42 Å². The Labute approximate surface area is 186 Å². The Bertz CT molecular complexity index is 1010. The van der Waals surface area contributed by atoms with Gasteiger partial charge in [-0.1, -0.05) is 0 Å². The highest BCUT2D eigenvalue weighted by Crippen LogP contribution is 2.25. The molecule has 0 bridgehead atoms. The van der Waals surface area contributed by atoms with Gasteiger partial charge in [-0.25, -0.2) is 0 Å². The van der Waals surface area contributed by atoms with Crippen molar-refractivity contribution in [2.24, 2.45) is 0 Å². The largest absolute Gasteiger partial charge is 0.464 e. The number of aromatic nitrogens is 2. The lowest BCUT2D eigenvalue weighted by Gasteiger charge is -2.42. The molecular formula is C23H28N4O5. The molecule has 3 heterocycles. The molecule has 0 unspecified atom stereocenters. The van der Waals surface area contributed by atoms with Crippen LogP contribution in [-0.2, 0) is 13.1 Å². The molecule has 0 saturated carbocycles. The third-order valence-electron chi connectivity index (χ3n) is 5.70. The van der Waals surface area contributed by atoms with E-state index < -0.39 is 24.4 Å². The number of aryl methyl sites for hydroxylation is 1. The van der Waals surface area contributed by atoms with Crippen LogP contribution in [-0.4, -0.2) is 72.8 Å². The summed E-state index contributed by atoms with van der Waals surface area (Å²) >= 11 is 0. The Balaban J connectivity index is 1.38. The Kier molecular flexibility index (Phi) is 6.83. The summed E-state index contributed by atoms with van der Waals surface area (Å²) in [5.41, 5.74) is 4.44. The van der Waals surface area contributed by atoms with Gasteiger partial charge in [0.05, 0.1) is 55.3 Å². The van der Waals surface area contributed by atoms with Crippen LogP contribution in [0.5, 0.6) is 0 Å². The maximum Gasteiger partial charge on any atom is 0.133 e. The van der Waals surface area contributed by atoms with Crippen molar-refractivity contribution in [2.75, 3.05) is 18.5 Å². The van der Waals surface area contributed by atoms with Gasteiger partial charge in [0.25, 0.3) is 0 Å². The molecule has 0 radical (unpaired) electrons. The van der Waals surface area contributed by atoms with Crippen LogP contribution in [0.25, 0.3) is 11.3 Å². The van der Waals surface area contributed by atoms with Crippen LogP contribution in [0.2, 0.25) is 0 Å². The summed E-state index contributed by atoms with van der Waals surface area (Å²) in [6, 6.07) is 9.23. The Morgan fingerprint density at radius 3 is 2.56 bits per heavy atom. The van der Waals surface area contributed by atoms with Crippen molar-refractivity contribution in [1.82, 2.24) is 14.9 Å². The van der Waals surface area contributed by atoms with Crippen LogP contribution >= 0.6 is 0 Å². The van der Waals surface area contributed by atoms with Crippen LogP contribution in [0.4, 0.5) is 5.69 Å². The Morgan fingerprint density at radius 1 is 1.09 bits per heavy atom. The van der Waals surface area contributed by atoms with Gasteiger partial charge >= 0.3 is 0 Å². The van der Waals surface area contributed by atoms with Gasteiger partial charge in [-0.2, -0.15) is 0 Å². The number of benzene rings is 1. The van der Waals surface area contributed by atoms with E-state index >= 15 is 0 Å². The fourth-order valence-electron chi connectivity index (χ4n) is 3.99. The second-order valence-corrected chi connectivity index (χ2v) is 8.15. The van der Waals surface area contributed by atoms with Crippen molar-refractivity contribution in [3.05, 3.63) is 65.9 Å². The number of hydrogen-bond acceptors (Lipinski definition) is 9. The summed E-state index contributed by atoms with van der Waals surface area (Å²) in [5, 5.41) is 42.8. The van der Waals surface area contributed by atoms with Gasteiger partial charge in [0.15, 0.2) is 0 Å². The van der Waals surface area contributed by atoms with Crippen molar-refractivity contribution >= 4 is 5.69 Å². The zero-order valence-corrected chi connectivity index (χ0v) is 17.8. The lowest BCUT2D eigenvalue weighted by molar-refractivity contribution is -0.147. The molecule has 3 aromatic rings. The Hall–Kier alpha value is -2.82. The number of anilines is 1. The third-order valence-corrected chi connectivity index (χ3v) is 5.70. The molecule has 4 atom stereocenters. The molecule has 0 amide bonds. The van der Waals surface area contributed by atoms with Crippen LogP contribution < -0.4 is 5.32 Å². The van der Waals surface area contributed by atoms with Gasteiger partial charge < -0.3 is 30.2 Å². The van der Waals surface area contributed by atoms with Crippen molar-refractivity contribution in [3.63, 3.8) is 0 Å². The lowest BCUT2D eigenvalue weighted by Crippen LogP contribution is -2.62. The monoisotopic (exact) mass is 440 g/mol. The number of aliphatic hydroxyl groups is 4. The quantitative estimate of drug-likeness (QED) is 0.363. The number of nitrogens with zero attached hydrogens (tertiary/aromatic N) is 3. The zero-order chi connectivity index (χ0) is 22.7. The molecular weight excluding hydrogens is 412 g/mol. The van der Waals surface area contributed by atoms with E-state index in [0.29, 0.717) is 12.2 Å². The highest BCUT2D eigenvalue weighted by Gasteiger charge is 2.41. The first-order chi connectivity index (χ1) is 15.4. The van der Waals surface area contributed by atoms with Crippen molar-refractivity contribution in [3.8, 4) is 11.3 Å². The number of rotatable bonds is 7. The molecule has 1 aliphatic rings. The molecule has 4 rings (SSSR count). The predicted octanol–water partition coefficient (Wildman–Crippen LogP) is 0.916. The Morgan fingerprint density at radius 2 is 1.88 bits per heavy atom. The molecule has 1 fully saturated rings. The first kappa shape index (κ1) is 22.4. The number of hydrogen-bond donors (Lipinski definition) is 5. The minimum absolute atomic E-state index is 0.125. The van der Waals surface area contributed by atoms with E-state index in [1.807, 2.05) is 31.2 Å². The average Bonchev–Trinajstić information content (AvgIpc) is 3.32.